The van der Waals surface area contributed by atoms with Gasteiger partial charge in [-0.25, -0.2) is 13.1 Å². The van der Waals surface area contributed by atoms with Gasteiger partial charge in [0.2, 0.25) is 10.0 Å². The summed E-state index contributed by atoms with van der Waals surface area (Å²) in [4.78, 5) is 0. The van der Waals surface area contributed by atoms with E-state index in [1.54, 1.807) is 18.2 Å². The van der Waals surface area contributed by atoms with Crippen LogP contribution < -0.4 is 4.72 Å². The molecule has 1 atom stereocenters. The molecule has 0 fully saturated rings. The lowest BCUT2D eigenvalue weighted by atomic mass is 10.0. The maximum absolute atomic E-state index is 12.2. The summed E-state index contributed by atoms with van der Waals surface area (Å²) >= 11 is 11.8. The Morgan fingerprint density at radius 3 is 2.41 bits per heavy atom. The predicted octanol–water partition coefficient (Wildman–Crippen LogP) is 4.22. The van der Waals surface area contributed by atoms with Crippen LogP contribution in [0.15, 0.2) is 48.5 Å². The standard InChI is InChI=1S/C16H17Cl2NO2S/c1-12(13-5-3-2-4-6-13)10-19-22(20,21)11-14-7-8-15(17)9-16(14)18/h2-9,12,19H,10-11H2,1H3/t12-/m1/s1. The molecule has 2 aromatic rings. The second kappa shape index (κ2) is 7.47. The molecule has 0 aliphatic carbocycles. The van der Waals surface area contributed by atoms with Gasteiger partial charge in [0.05, 0.1) is 5.75 Å². The molecule has 3 nitrogen and oxygen atoms in total. The molecule has 118 valence electrons. The lowest BCUT2D eigenvalue weighted by Crippen LogP contribution is -2.29. The Morgan fingerprint density at radius 2 is 1.77 bits per heavy atom. The summed E-state index contributed by atoms with van der Waals surface area (Å²) in [5, 5.41) is 0.839. The van der Waals surface area contributed by atoms with Crippen molar-refractivity contribution in [3.63, 3.8) is 0 Å². The largest absolute Gasteiger partial charge is 0.215 e. The number of halogens is 2. The third kappa shape index (κ3) is 4.99. The molecule has 2 rings (SSSR count). The molecule has 0 radical (unpaired) electrons. The Kier molecular flexibility index (Phi) is 5.87. The van der Waals surface area contributed by atoms with E-state index in [0.717, 1.165) is 5.56 Å². The summed E-state index contributed by atoms with van der Waals surface area (Å²) in [6, 6.07) is 14.6. The fraction of sp³-hybridized carbons (Fsp3) is 0.250. The van der Waals surface area contributed by atoms with E-state index >= 15 is 0 Å². The van der Waals surface area contributed by atoms with Gasteiger partial charge in [-0.2, -0.15) is 0 Å². The van der Waals surface area contributed by atoms with E-state index in [1.807, 2.05) is 37.3 Å². The Morgan fingerprint density at radius 1 is 1.09 bits per heavy atom. The van der Waals surface area contributed by atoms with Crippen molar-refractivity contribution in [2.75, 3.05) is 6.54 Å². The van der Waals surface area contributed by atoms with Gasteiger partial charge in [0, 0.05) is 16.6 Å². The van der Waals surface area contributed by atoms with Crippen LogP contribution in [0.25, 0.3) is 0 Å². The van der Waals surface area contributed by atoms with Crippen LogP contribution in [0.1, 0.15) is 24.0 Å². The van der Waals surface area contributed by atoms with E-state index in [4.69, 9.17) is 23.2 Å². The average molecular weight is 358 g/mol. The fourth-order valence-corrected chi connectivity index (χ4v) is 3.87. The van der Waals surface area contributed by atoms with Gasteiger partial charge in [0.15, 0.2) is 0 Å². The number of sulfonamides is 1. The molecule has 0 heterocycles. The molecule has 0 spiro atoms. The smallest absolute Gasteiger partial charge is 0.214 e. The van der Waals surface area contributed by atoms with Crippen LogP contribution in [-0.2, 0) is 15.8 Å². The Balaban J connectivity index is 1.99. The first-order chi connectivity index (χ1) is 10.4. The molecule has 0 bridgehead atoms. The van der Waals surface area contributed by atoms with Crippen LogP contribution in [0.5, 0.6) is 0 Å². The van der Waals surface area contributed by atoms with Gasteiger partial charge in [0.25, 0.3) is 0 Å². The van der Waals surface area contributed by atoms with Gasteiger partial charge in [-0.15, -0.1) is 0 Å². The molecule has 6 heteroatoms. The molecular formula is C16H17Cl2NO2S. The van der Waals surface area contributed by atoms with E-state index in [-0.39, 0.29) is 11.7 Å². The van der Waals surface area contributed by atoms with Gasteiger partial charge in [-0.3, -0.25) is 0 Å². The number of rotatable bonds is 6. The predicted molar refractivity (Wildman–Crippen MR) is 91.9 cm³/mol. The van der Waals surface area contributed by atoms with Gasteiger partial charge in [-0.05, 0) is 29.2 Å². The number of hydrogen-bond donors (Lipinski definition) is 1. The third-order valence-corrected chi connectivity index (χ3v) is 5.22. The van der Waals surface area contributed by atoms with Crippen molar-refractivity contribution in [2.45, 2.75) is 18.6 Å². The fourth-order valence-electron chi connectivity index (χ4n) is 2.05. The molecule has 2 aromatic carbocycles. The summed E-state index contributed by atoms with van der Waals surface area (Å²) in [5.41, 5.74) is 1.63. The zero-order chi connectivity index (χ0) is 16.2. The zero-order valence-electron chi connectivity index (χ0n) is 12.1. The van der Waals surface area contributed by atoms with Crippen molar-refractivity contribution in [2.24, 2.45) is 0 Å². The van der Waals surface area contributed by atoms with Crippen molar-refractivity contribution < 1.29 is 8.42 Å². The summed E-state index contributed by atoms with van der Waals surface area (Å²) in [5.74, 6) is -0.0681. The van der Waals surface area contributed by atoms with Crippen molar-refractivity contribution in [1.29, 1.82) is 0 Å². The zero-order valence-corrected chi connectivity index (χ0v) is 14.4. The molecule has 22 heavy (non-hydrogen) atoms. The first-order valence-electron chi connectivity index (χ1n) is 6.83. The monoisotopic (exact) mass is 357 g/mol. The number of benzene rings is 2. The summed E-state index contributed by atoms with van der Waals surface area (Å²) in [7, 11) is -3.45. The van der Waals surface area contributed by atoms with Crippen molar-refractivity contribution in [1.82, 2.24) is 4.72 Å². The highest BCUT2D eigenvalue weighted by atomic mass is 35.5. The van der Waals surface area contributed by atoms with E-state index in [2.05, 4.69) is 4.72 Å². The summed E-state index contributed by atoms with van der Waals surface area (Å²) in [6.07, 6.45) is 0. The van der Waals surface area contributed by atoms with Crippen LogP contribution in [0.4, 0.5) is 0 Å². The number of hydrogen-bond acceptors (Lipinski definition) is 2. The molecule has 0 saturated carbocycles. The maximum Gasteiger partial charge on any atom is 0.215 e. The Labute approximate surface area is 141 Å². The lowest BCUT2D eigenvalue weighted by Gasteiger charge is -2.14. The molecule has 0 unspecified atom stereocenters. The van der Waals surface area contributed by atoms with Gasteiger partial charge in [0.1, 0.15) is 0 Å². The minimum atomic E-state index is -3.45. The molecular weight excluding hydrogens is 341 g/mol. The minimum absolute atomic E-state index is 0.0941. The normalized spacial score (nSPS) is 13.0. The van der Waals surface area contributed by atoms with Crippen molar-refractivity contribution in [3.05, 3.63) is 69.7 Å². The van der Waals surface area contributed by atoms with E-state index in [9.17, 15) is 8.42 Å². The first-order valence-corrected chi connectivity index (χ1v) is 9.24. The maximum atomic E-state index is 12.2. The van der Waals surface area contributed by atoms with Gasteiger partial charge in [-0.1, -0.05) is 66.5 Å². The third-order valence-electron chi connectivity index (χ3n) is 3.34. The molecule has 0 aliphatic rings. The van der Waals surface area contributed by atoms with Crippen LogP contribution in [-0.4, -0.2) is 15.0 Å². The molecule has 0 amide bonds. The van der Waals surface area contributed by atoms with E-state index < -0.39 is 10.0 Å². The number of nitrogens with one attached hydrogen (secondary N) is 1. The quantitative estimate of drug-likeness (QED) is 0.841. The highest BCUT2D eigenvalue weighted by molar-refractivity contribution is 7.88. The van der Waals surface area contributed by atoms with Crippen LogP contribution >= 0.6 is 23.2 Å². The Bertz CT molecular complexity index is 733. The highest BCUT2D eigenvalue weighted by Crippen LogP contribution is 2.22. The van der Waals surface area contributed by atoms with E-state index in [1.165, 1.54) is 0 Å². The van der Waals surface area contributed by atoms with Crippen molar-refractivity contribution in [3.8, 4) is 0 Å². The lowest BCUT2D eigenvalue weighted by molar-refractivity contribution is 0.574. The van der Waals surface area contributed by atoms with Crippen LogP contribution in [0.2, 0.25) is 10.0 Å². The second-order valence-corrected chi connectivity index (χ2v) is 7.81. The Hall–Kier alpha value is -1.07. The molecule has 0 aromatic heterocycles. The summed E-state index contributed by atoms with van der Waals surface area (Å²) in [6.45, 7) is 2.32. The molecule has 0 aliphatic heterocycles. The average Bonchev–Trinajstić information content (AvgIpc) is 2.49. The van der Waals surface area contributed by atoms with Gasteiger partial charge < -0.3 is 0 Å². The first kappa shape index (κ1) is 17.3. The summed E-state index contributed by atoms with van der Waals surface area (Å²) < 4.78 is 27.0. The molecule has 0 saturated heterocycles. The highest BCUT2D eigenvalue weighted by Gasteiger charge is 2.16. The molecule has 1 N–H and O–H groups in total. The van der Waals surface area contributed by atoms with E-state index in [0.29, 0.717) is 22.2 Å². The van der Waals surface area contributed by atoms with Crippen LogP contribution in [0.3, 0.4) is 0 Å². The second-order valence-electron chi connectivity index (χ2n) is 5.16. The SMILES string of the molecule is C[C@H](CNS(=O)(=O)Cc1ccc(Cl)cc1Cl)c1ccccc1. The minimum Gasteiger partial charge on any atom is -0.214 e. The topological polar surface area (TPSA) is 46.2 Å². The van der Waals surface area contributed by atoms with Crippen LogP contribution in [0, 0.1) is 0 Å². The van der Waals surface area contributed by atoms with Gasteiger partial charge >= 0.3 is 0 Å². The van der Waals surface area contributed by atoms with Crippen molar-refractivity contribution >= 4 is 33.2 Å².